The maximum absolute atomic E-state index is 12.2. The molecule has 0 aromatic rings. The van der Waals surface area contributed by atoms with Crippen LogP contribution in [0.5, 0.6) is 0 Å². The minimum absolute atomic E-state index is 0.0287. The Morgan fingerprint density at radius 3 is 1.95 bits per heavy atom. The van der Waals surface area contributed by atoms with Crippen LogP contribution in [-0.4, -0.2) is 41.1 Å². The summed E-state index contributed by atoms with van der Waals surface area (Å²) in [6.07, 6.45) is -0.0287. The fourth-order valence-corrected chi connectivity index (χ4v) is 2.57. The van der Waals surface area contributed by atoms with Crippen molar-refractivity contribution in [1.82, 2.24) is 10.2 Å². The van der Waals surface area contributed by atoms with E-state index in [0.717, 1.165) is 0 Å². The highest BCUT2D eigenvalue weighted by atomic mass is 16.4. The Balaban J connectivity index is 4.52. The highest BCUT2D eigenvalue weighted by Gasteiger charge is 2.23. The van der Waals surface area contributed by atoms with Gasteiger partial charge in [-0.15, -0.1) is 0 Å². The molecule has 20 heavy (non-hydrogen) atoms. The van der Waals surface area contributed by atoms with Crippen molar-refractivity contribution >= 4 is 12.0 Å². The maximum Gasteiger partial charge on any atom is 0.317 e. The van der Waals surface area contributed by atoms with E-state index in [4.69, 9.17) is 5.11 Å². The summed E-state index contributed by atoms with van der Waals surface area (Å²) in [5, 5.41) is 11.8. The molecule has 0 aromatic heterocycles. The summed E-state index contributed by atoms with van der Waals surface area (Å²) in [6, 6.07) is -0.471. The SMILES string of the molecule is CCN(C(=O)NCC(C(C)C)C(C)C)C(C)CC(=O)O. The van der Waals surface area contributed by atoms with E-state index in [9.17, 15) is 9.59 Å². The first-order valence-electron chi connectivity index (χ1n) is 7.46. The third-order valence-electron chi connectivity index (χ3n) is 3.81. The molecule has 0 heterocycles. The van der Waals surface area contributed by atoms with Gasteiger partial charge in [0.1, 0.15) is 0 Å². The van der Waals surface area contributed by atoms with E-state index in [-0.39, 0.29) is 18.5 Å². The Kier molecular flexibility index (Phi) is 8.26. The Morgan fingerprint density at radius 1 is 1.10 bits per heavy atom. The van der Waals surface area contributed by atoms with Crippen molar-refractivity contribution in [3.05, 3.63) is 0 Å². The summed E-state index contributed by atoms with van der Waals surface area (Å²) < 4.78 is 0. The lowest BCUT2D eigenvalue weighted by Crippen LogP contribution is -2.47. The maximum atomic E-state index is 12.2. The molecular weight excluding hydrogens is 256 g/mol. The molecule has 5 nitrogen and oxygen atoms in total. The van der Waals surface area contributed by atoms with Gasteiger partial charge in [0.15, 0.2) is 0 Å². The van der Waals surface area contributed by atoms with Crippen molar-refractivity contribution in [3.8, 4) is 0 Å². The van der Waals surface area contributed by atoms with E-state index in [2.05, 4.69) is 33.0 Å². The van der Waals surface area contributed by atoms with Crippen molar-refractivity contribution in [2.75, 3.05) is 13.1 Å². The largest absolute Gasteiger partial charge is 0.481 e. The zero-order chi connectivity index (χ0) is 15.9. The molecule has 1 atom stereocenters. The molecule has 0 rings (SSSR count). The molecular formula is C15H30N2O3. The molecule has 0 saturated heterocycles. The zero-order valence-corrected chi connectivity index (χ0v) is 13.6. The Bertz CT molecular complexity index is 308. The fraction of sp³-hybridized carbons (Fsp3) is 0.867. The third-order valence-corrected chi connectivity index (χ3v) is 3.81. The van der Waals surface area contributed by atoms with Gasteiger partial charge in [-0.1, -0.05) is 27.7 Å². The van der Waals surface area contributed by atoms with Gasteiger partial charge in [-0.25, -0.2) is 4.79 Å². The van der Waals surface area contributed by atoms with E-state index >= 15 is 0 Å². The number of hydrogen-bond acceptors (Lipinski definition) is 2. The standard InChI is InChI=1S/C15H30N2O3/c1-7-17(12(6)8-14(18)19)15(20)16-9-13(10(2)3)11(4)5/h10-13H,7-9H2,1-6H3,(H,16,20)(H,18,19). The van der Waals surface area contributed by atoms with Crippen LogP contribution >= 0.6 is 0 Å². The highest BCUT2D eigenvalue weighted by molar-refractivity contribution is 5.75. The molecule has 0 aromatic carbocycles. The van der Waals surface area contributed by atoms with Crippen molar-refractivity contribution in [1.29, 1.82) is 0 Å². The minimum Gasteiger partial charge on any atom is -0.481 e. The molecule has 118 valence electrons. The second-order valence-corrected chi connectivity index (χ2v) is 6.07. The number of amides is 2. The monoisotopic (exact) mass is 286 g/mol. The lowest BCUT2D eigenvalue weighted by atomic mass is 9.85. The smallest absolute Gasteiger partial charge is 0.317 e. The van der Waals surface area contributed by atoms with E-state index in [0.29, 0.717) is 30.8 Å². The lowest BCUT2D eigenvalue weighted by Gasteiger charge is -2.30. The summed E-state index contributed by atoms with van der Waals surface area (Å²) >= 11 is 0. The van der Waals surface area contributed by atoms with Gasteiger partial charge < -0.3 is 15.3 Å². The molecule has 5 heteroatoms. The van der Waals surface area contributed by atoms with Crippen LogP contribution in [0.4, 0.5) is 4.79 Å². The van der Waals surface area contributed by atoms with Crippen LogP contribution in [0.1, 0.15) is 48.0 Å². The van der Waals surface area contributed by atoms with E-state index in [1.165, 1.54) is 0 Å². The number of rotatable bonds is 8. The lowest BCUT2D eigenvalue weighted by molar-refractivity contribution is -0.138. The van der Waals surface area contributed by atoms with Gasteiger partial charge in [0.2, 0.25) is 0 Å². The van der Waals surface area contributed by atoms with Gasteiger partial charge in [0.25, 0.3) is 0 Å². The number of hydrogen-bond donors (Lipinski definition) is 2. The molecule has 0 bridgehead atoms. The summed E-state index contributed by atoms with van der Waals surface area (Å²) in [4.78, 5) is 24.5. The van der Waals surface area contributed by atoms with Crippen molar-refractivity contribution in [2.45, 2.75) is 54.0 Å². The molecule has 0 aliphatic carbocycles. The summed E-state index contributed by atoms with van der Waals surface area (Å²) in [5.41, 5.74) is 0. The average Bonchev–Trinajstić information content (AvgIpc) is 2.27. The zero-order valence-electron chi connectivity index (χ0n) is 13.6. The summed E-state index contributed by atoms with van der Waals surface area (Å²) in [7, 11) is 0. The Labute approximate surface area is 122 Å². The molecule has 0 spiro atoms. The average molecular weight is 286 g/mol. The number of aliphatic carboxylic acids is 1. The van der Waals surface area contributed by atoms with Gasteiger partial charge in [-0.2, -0.15) is 0 Å². The topological polar surface area (TPSA) is 69.6 Å². The van der Waals surface area contributed by atoms with Crippen molar-refractivity contribution < 1.29 is 14.7 Å². The second kappa shape index (κ2) is 8.82. The highest BCUT2D eigenvalue weighted by Crippen LogP contribution is 2.19. The number of carboxylic acids is 1. The normalized spacial score (nSPS) is 12.8. The van der Waals surface area contributed by atoms with Crippen LogP contribution in [0.2, 0.25) is 0 Å². The van der Waals surface area contributed by atoms with Crippen molar-refractivity contribution in [3.63, 3.8) is 0 Å². The third kappa shape index (κ3) is 6.26. The molecule has 2 N–H and O–H groups in total. The first-order valence-corrected chi connectivity index (χ1v) is 7.46. The van der Waals surface area contributed by atoms with Gasteiger partial charge in [-0.05, 0) is 31.6 Å². The molecule has 1 unspecified atom stereocenters. The molecule has 0 radical (unpaired) electrons. The number of carboxylic acid groups (broad SMARTS) is 1. The summed E-state index contributed by atoms with van der Waals surface area (Å²) in [6.45, 7) is 13.4. The van der Waals surface area contributed by atoms with Crippen molar-refractivity contribution in [2.24, 2.45) is 17.8 Å². The first-order chi connectivity index (χ1) is 9.20. The quantitative estimate of drug-likeness (QED) is 0.721. The summed E-state index contributed by atoms with van der Waals surface area (Å²) in [5.74, 6) is 0.544. The number of carbonyl (C=O) groups is 2. The van der Waals surface area contributed by atoms with Crippen LogP contribution in [0.25, 0.3) is 0 Å². The molecule has 0 aliphatic rings. The van der Waals surface area contributed by atoms with Gasteiger partial charge in [0, 0.05) is 19.1 Å². The van der Waals surface area contributed by atoms with Gasteiger partial charge in [0.05, 0.1) is 6.42 Å². The Morgan fingerprint density at radius 2 is 1.60 bits per heavy atom. The molecule has 2 amide bonds. The molecule has 0 aliphatic heterocycles. The van der Waals surface area contributed by atoms with Gasteiger partial charge in [-0.3, -0.25) is 4.79 Å². The molecule has 0 fully saturated rings. The van der Waals surface area contributed by atoms with E-state index < -0.39 is 5.97 Å². The number of urea groups is 1. The van der Waals surface area contributed by atoms with Crippen LogP contribution in [0, 0.1) is 17.8 Å². The Hall–Kier alpha value is -1.26. The molecule has 0 saturated carbocycles. The van der Waals surface area contributed by atoms with E-state index in [1.54, 1.807) is 11.8 Å². The number of carbonyl (C=O) groups excluding carboxylic acids is 1. The predicted molar refractivity (Wildman–Crippen MR) is 80.7 cm³/mol. The van der Waals surface area contributed by atoms with E-state index in [1.807, 2.05) is 6.92 Å². The van der Waals surface area contributed by atoms with Gasteiger partial charge >= 0.3 is 12.0 Å². The predicted octanol–water partition coefficient (Wildman–Crippen LogP) is 2.81. The minimum atomic E-state index is -0.883. The first kappa shape index (κ1) is 18.7. The van der Waals surface area contributed by atoms with Crippen LogP contribution < -0.4 is 5.32 Å². The van der Waals surface area contributed by atoms with Crippen LogP contribution in [0.15, 0.2) is 0 Å². The number of nitrogens with zero attached hydrogens (tertiary/aromatic N) is 1. The van der Waals surface area contributed by atoms with Crippen LogP contribution in [-0.2, 0) is 4.79 Å². The van der Waals surface area contributed by atoms with Crippen LogP contribution in [0.3, 0.4) is 0 Å². The number of nitrogens with one attached hydrogen (secondary N) is 1. The fourth-order valence-electron chi connectivity index (χ4n) is 2.57. The second-order valence-electron chi connectivity index (χ2n) is 6.07.